The average molecular weight is 447 g/mol. The molecule has 0 bridgehead atoms. The first-order valence-corrected chi connectivity index (χ1v) is 11.1. The molecule has 32 heavy (non-hydrogen) atoms. The summed E-state index contributed by atoms with van der Waals surface area (Å²) >= 11 is 6.30. The van der Waals surface area contributed by atoms with Gasteiger partial charge in [0.1, 0.15) is 12.2 Å². The Morgan fingerprint density at radius 2 is 1.59 bits per heavy atom. The third kappa shape index (κ3) is 4.44. The Bertz CT molecular complexity index is 1330. The Kier molecular flexibility index (Phi) is 5.87. The van der Waals surface area contributed by atoms with Crippen molar-refractivity contribution in [1.29, 1.82) is 0 Å². The molecule has 0 aliphatic carbocycles. The zero-order valence-corrected chi connectivity index (χ0v) is 19.8. The van der Waals surface area contributed by atoms with Crippen LogP contribution in [0.1, 0.15) is 43.0 Å². The van der Waals surface area contributed by atoms with E-state index in [0.717, 1.165) is 16.7 Å². The SMILES string of the molecule is Cc1ccc(COc2c(-c3ccc(C(C)(C)C)cc3)oc3cc(C)c(Cl)cc3c2=O)cc1. The summed E-state index contributed by atoms with van der Waals surface area (Å²) in [7, 11) is 0. The van der Waals surface area contributed by atoms with Crippen molar-refractivity contribution in [2.45, 2.75) is 46.6 Å². The molecule has 0 atom stereocenters. The Labute approximate surface area is 193 Å². The number of benzene rings is 3. The number of hydrogen-bond acceptors (Lipinski definition) is 3. The second-order valence-corrected chi connectivity index (χ2v) is 9.70. The molecule has 3 aromatic carbocycles. The van der Waals surface area contributed by atoms with Crippen LogP contribution < -0.4 is 10.2 Å². The first-order chi connectivity index (χ1) is 15.1. The minimum absolute atomic E-state index is 0.0292. The van der Waals surface area contributed by atoms with Gasteiger partial charge in [-0.2, -0.15) is 0 Å². The third-order valence-corrected chi connectivity index (χ3v) is 6.05. The van der Waals surface area contributed by atoms with E-state index < -0.39 is 0 Å². The van der Waals surface area contributed by atoms with Crippen LogP contribution in [0.4, 0.5) is 0 Å². The van der Waals surface area contributed by atoms with Crippen LogP contribution in [0.5, 0.6) is 5.75 Å². The van der Waals surface area contributed by atoms with E-state index in [-0.39, 0.29) is 23.2 Å². The van der Waals surface area contributed by atoms with Crippen LogP contribution in [0, 0.1) is 13.8 Å². The van der Waals surface area contributed by atoms with Crippen LogP contribution in [0.2, 0.25) is 5.02 Å². The topological polar surface area (TPSA) is 39.4 Å². The molecule has 0 spiro atoms. The van der Waals surface area contributed by atoms with Gasteiger partial charge in [-0.15, -0.1) is 0 Å². The maximum Gasteiger partial charge on any atom is 0.235 e. The molecule has 0 aliphatic heterocycles. The molecule has 0 fully saturated rings. The molecule has 164 valence electrons. The molecule has 0 amide bonds. The molecule has 1 aromatic heterocycles. The van der Waals surface area contributed by atoms with Gasteiger partial charge >= 0.3 is 0 Å². The predicted molar refractivity (Wildman–Crippen MR) is 132 cm³/mol. The lowest BCUT2D eigenvalue weighted by atomic mass is 9.86. The molecule has 0 N–H and O–H groups in total. The maximum atomic E-state index is 13.4. The van der Waals surface area contributed by atoms with Crippen LogP contribution in [-0.2, 0) is 12.0 Å². The van der Waals surface area contributed by atoms with E-state index >= 15 is 0 Å². The molecule has 4 rings (SSSR count). The zero-order valence-electron chi connectivity index (χ0n) is 19.1. The minimum Gasteiger partial charge on any atom is -0.481 e. The van der Waals surface area contributed by atoms with Crippen molar-refractivity contribution in [2.24, 2.45) is 0 Å². The van der Waals surface area contributed by atoms with Crippen molar-refractivity contribution in [2.75, 3.05) is 0 Å². The largest absolute Gasteiger partial charge is 0.481 e. The fourth-order valence-corrected chi connectivity index (χ4v) is 3.74. The van der Waals surface area contributed by atoms with Crippen molar-refractivity contribution in [3.8, 4) is 17.1 Å². The van der Waals surface area contributed by atoms with Crippen molar-refractivity contribution in [1.82, 2.24) is 0 Å². The number of aryl methyl sites for hydroxylation is 2. The highest BCUT2D eigenvalue weighted by Gasteiger charge is 2.20. The van der Waals surface area contributed by atoms with E-state index in [1.807, 2.05) is 50.2 Å². The van der Waals surface area contributed by atoms with Crippen LogP contribution in [0.15, 0.2) is 69.9 Å². The molecular formula is C28H27ClO3. The molecule has 0 saturated carbocycles. The summed E-state index contributed by atoms with van der Waals surface area (Å²) in [5.41, 5.74) is 5.29. The Hall–Kier alpha value is -3.04. The van der Waals surface area contributed by atoms with E-state index in [9.17, 15) is 4.79 Å². The Balaban J connectivity index is 1.85. The monoisotopic (exact) mass is 446 g/mol. The van der Waals surface area contributed by atoms with Gasteiger partial charge in [0.05, 0.1) is 5.39 Å². The van der Waals surface area contributed by atoms with Gasteiger partial charge in [0, 0.05) is 10.6 Å². The summed E-state index contributed by atoms with van der Waals surface area (Å²) in [6.45, 7) is 10.7. The van der Waals surface area contributed by atoms with Crippen molar-refractivity contribution >= 4 is 22.6 Å². The van der Waals surface area contributed by atoms with Crippen molar-refractivity contribution < 1.29 is 9.15 Å². The number of hydrogen-bond donors (Lipinski definition) is 0. The quantitative estimate of drug-likeness (QED) is 0.324. The van der Waals surface area contributed by atoms with E-state index in [2.05, 4.69) is 32.9 Å². The first kappa shape index (κ1) is 22.2. The van der Waals surface area contributed by atoms with Crippen LogP contribution in [0.3, 0.4) is 0 Å². The van der Waals surface area contributed by atoms with E-state index in [1.165, 1.54) is 11.1 Å². The van der Waals surface area contributed by atoms with Gasteiger partial charge in [-0.25, -0.2) is 0 Å². The lowest BCUT2D eigenvalue weighted by Crippen LogP contribution is -2.11. The first-order valence-electron chi connectivity index (χ1n) is 10.7. The average Bonchev–Trinajstić information content (AvgIpc) is 2.75. The van der Waals surface area contributed by atoms with Crippen molar-refractivity contribution in [3.63, 3.8) is 0 Å². The summed E-state index contributed by atoms with van der Waals surface area (Å²) in [5, 5.41) is 0.936. The van der Waals surface area contributed by atoms with Gasteiger partial charge in [-0.3, -0.25) is 4.79 Å². The van der Waals surface area contributed by atoms with Gasteiger partial charge in [0.2, 0.25) is 11.2 Å². The highest BCUT2D eigenvalue weighted by molar-refractivity contribution is 6.32. The molecule has 0 unspecified atom stereocenters. The second-order valence-electron chi connectivity index (χ2n) is 9.29. The lowest BCUT2D eigenvalue weighted by molar-refractivity contribution is 0.298. The molecule has 0 aliphatic rings. The summed E-state index contributed by atoms with van der Waals surface area (Å²) in [6, 6.07) is 19.6. The van der Waals surface area contributed by atoms with E-state index in [0.29, 0.717) is 21.8 Å². The van der Waals surface area contributed by atoms with E-state index in [4.69, 9.17) is 20.8 Å². The predicted octanol–water partition coefficient (Wildman–Crippen LogP) is 7.61. The van der Waals surface area contributed by atoms with Crippen LogP contribution >= 0.6 is 11.6 Å². The molecule has 4 heteroatoms. The fourth-order valence-electron chi connectivity index (χ4n) is 3.58. The lowest BCUT2D eigenvalue weighted by Gasteiger charge is -2.19. The normalized spacial score (nSPS) is 11.7. The number of halogens is 1. The standard InChI is InChI=1S/C28H27ClO3/c1-17-6-8-19(9-7-17)16-31-27-25(30)22-15-23(29)18(2)14-24(22)32-26(27)20-10-12-21(13-11-20)28(3,4)5/h6-15H,16H2,1-5H3. The van der Waals surface area contributed by atoms with Gasteiger partial charge in [-0.1, -0.05) is 86.5 Å². The summed E-state index contributed by atoms with van der Waals surface area (Å²) < 4.78 is 12.3. The zero-order chi connectivity index (χ0) is 23.0. The Morgan fingerprint density at radius 3 is 2.22 bits per heavy atom. The van der Waals surface area contributed by atoms with Gasteiger partial charge < -0.3 is 9.15 Å². The van der Waals surface area contributed by atoms with Crippen LogP contribution in [-0.4, -0.2) is 0 Å². The summed E-state index contributed by atoms with van der Waals surface area (Å²) in [4.78, 5) is 13.4. The van der Waals surface area contributed by atoms with Crippen molar-refractivity contribution in [3.05, 3.63) is 98.2 Å². The van der Waals surface area contributed by atoms with Gasteiger partial charge in [-0.05, 0) is 48.1 Å². The molecule has 1 heterocycles. The van der Waals surface area contributed by atoms with Gasteiger partial charge in [0.25, 0.3) is 0 Å². The van der Waals surface area contributed by atoms with Crippen LogP contribution in [0.25, 0.3) is 22.3 Å². The second kappa shape index (κ2) is 8.48. The number of rotatable bonds is 4. The highest BCUT2D eigenvalue weighted by atomic mass is 35.5. The highest BCUT2D eigenvalue weighted by Crippen LogP contribution is 2.34. The number of ether oxygens (including phenoxy) is 1. The molecule has 0 saturated heterocycles. The fraction of sp³-hybridized carbons (Fsp3) is 0.250. The molecule has 4 aromatic rings. The number of fused-ring (bicyclic) bond motifs is 1. The summed E-state index contributed by atoms with van der Waals surface area (Å²) in [5.74, 6) is 0.623. The maximum absolute atomic E-state index is 13.4. The van der Waals surface area contributed by atoms with Gasteiger partial charge in [0.15, 0.2) is 5.76 Å². The van der Waals surface area contributed by atoms with E-state index in [1.54, 1.807) is 12.1 Å². The Morgan fingerprint density at radius 1 is 0.938 bits per heavy atom. The molecule has 3 nitrogen and oxygen atoms in total. The smallest absolute Gasteiger partial charge is 0.235 e. The third-order valence-electron chi connectivity index (χ3n) is 5.65. The minimum atomic E-state index is -0.227. The molecular weight excluding hydrogens is 420 g/mol. The summed E-state index contributed by atoms with van der Waals surface area (Å²) in [6.07, 6.45) is 0. The molecule has 0 radical (unpaired) electrons.